The Bertz CT molecular complexity index is 331. The van der Waals surface area contributed by atoms with E-state index < -0.39 is 0 Å². The van der Waals surface area contributed by atoms with E-state index in [9.17, 15) is 0 Å². The molecule has 1 aliphatic carbocycles. The maximum Gasteiger partial charge on any atom is 0.0297 e. The second-order valence-electron chi connectivity index (χ2n) is 4.90. The lowest BCUT2D eigenvalue weighted by molar-refractivity contribution is 0.319. The maximum absolute atomic E-state index is 6.29. The van der Waals surface area contributed by atoms with Crippen LogP contribution in [0.15, 0.2) is 24.3 Å². The molecule has 1 nitrogen and oxygen atoms in total. The quantitative estimate of drug-likeness (QED) is 0.824. The van der Waals surface area contributed by atoms with Gasteiger partial charge in [-0.2, -0.15) is 0 Å². The summed E-state index contributed by atoms with van der Waals surface area (Å²) in [5, 5.41) is 0. The highest BCUT2D eigenvalue weighted by Crippen LogP contribution is 2.31. The van der Waals surface area contributed by atoms with Crippen LogP contribution < -0.4 is 5.73 Å². The Balaban J connectivity index is 1.94. The molecule has 2 heteroatoms. The first-order valence-corrected chi connectivity index (χ1v) is 7.34. The SMILES string of the molecule is NC(CC1CCCCC1)c1cccc(I)c1. The van der Waals surface area contributed by atoms with Crippen molar-refractivity contribution in [1.82, 2.24) is 0 Å². The number of hydrogen-bond donors (Lipinski definition) is 1. The zero-order valence-corrected chi connectivity index (χ0v) is 11.8. The zero-order chi connectivity index (χ0) is 11.4. The summed E-state index contributed by atoms with van der Waals surface area (Å²) < 4.78 is 1.29. The predicted molar refractivity (Wildman–Crippen MR) is 77.3 cm³/mol. The van der Waals surface area contributed by atoms with Gasteiger partial charge in [0.05, 0.1) is 0 Å². The van der Waals surface area contributed by atoms with Gasteiger partial charge in [0.2, 0.25) is 0 Å². The molecule has 1 unspecified atom stereocenters. The molecule has 0 spiro atoms. The van der Waals surface area contributed by atoms with E-state index in [2.05, 4.69) is 46.9 Å². The van der Waals surface area contributed by atoms with Gasteiger partial charge in [-0.05, 0) is 52.6 Å². The molecular weight excluding hydrogens is 309 g/mol. The number of halogens is 1. The molecule has 1 fully saturated rings. The summed E-state index contributed by atoms with van der Waals surface area (Å²) in [7, 11) is 0. The summed E-state index contributed by atoms with van der Waals surface area (Å²) in [6.45, 7) is 0. The van der Waals surface area contributed by atoms with Crippen LogP contribution in [0.4, 0.5) is 0 Å². The second kappa shape index (κ2) is 6.01. The van der Waals surface area contributed by atoms with Crippen molar-refractivity contribution in [1.29, 1.82) is 0 Å². The van der Waals surface area contributed by atoms with Gasteiger partial charge in [-0.25, -0.2) is 0 Å². The minimum absolute atomic E-state index is 0.234. The van der Waals surface area contributed by atoms with E-state index in [1.807, 2.05) is 0 Å². The molecule has 0 amide bonds. The van der Waals surface area contributed by atoms with Crippen molar-refractivity contribution in [3.05, 3.63) is 33.4 Å². The normalized spacial score (nSPS) is 19.6. The lowest BCUT2D eigenvalue weighted by Gasteiger charge is -2.24. The van der Waals surface area contributed by atoms with Gasteiger partial charge in [0.1, 0.15) is 0 Å². The van der Waals surface area contributed by atoms with Crippen molar-refractivity contribution in [2.24, 2.45) is 11.7 Å². The van der Waals surface area contributed by atoms with Crippen LogP contribution in [0.1, 0.15) is 50.1 Å². The Kier molecular flexibility index (Phi) is 4.65. The average molecular weight is 329 g/mol. The fourth-order valence-corrected chi connectivity index (χ4v) is 3.22. The Morgan fingerprint density at radius 3 is 2.69 bits per heavy atom. The summed E-state index contributed by atoms with van der Waals surface area (Å²) in [5.41, 5.74) is 7.59. The van der Waals surface area contributed by atoms with Gasteiger partial charge < -0.3 is 5.73 Å². The predicted octanol–water partition coefficient (Wildman–Crippen LogP) is 4.26. The highest BCUT2D eigenvalue weighted by molar-refractivity contribution is 14.1. The van der Waals surface area contributed by atoms with E-state index in [-0.39, 0.29) is 6.04 Å². The fourth-order valence-electron chi connectivity index (χ4n) is 2.66. The van der Waals surface area contributed by atoms with Crippen molar-refractivity contribution < 1.29 is 0 Å². The molecule has 1 aromatic carbocycles. The van der Waals surface area contributed by atoms with E-state index in [0.29, 0.717) is 0 Å². The molecule has 0 aliphatic heterocycles. The van der Waals surface area contributed by atoms with Crippen molar-refractivity contribution in [2.45, 2.75) is 44.6 Å². The molecule has 0 saturated heterocycles. The summed E-state index contributed by atoms with van der Waals surface area (Å²) in [5.74, 6) is 0.863. The van der Waals surface area contributed by atoms with Gasteiger partial charge in [0.25, 0.3) is 0 Å². The molecule has 1 aliphatic rings. The van der Waals surface area contributed by atoms with Crippen molar-refractivity contribution >= 4 is 22.6 Å². The van der Waals surface area contributed by atoms with Gasteiger partial charge >= 0.3 is 0 Å². The van der Waals surface area contributed by atoms with Crippen LogP contribution in [0.25, 0.3) is 0 Å². The van der Waals surface area contributed by atoms with Crippen LogP contribution in [-0.2, 0) is 0 Å². The minimum atomic E-state index is 0.234. The molecule has 2 N–H and O–H groups in total. The molecule has 0 heterocycles. The zero-order valence-electron chi connectivity index (χ0n) is 9.66. The number of benzene rings is 1. The molecule has 0 bridgehead atoms. The van der Waals surface area contributed by atoms with Gasteiger partial charge in [0.15, 0.2) is 0 Å². The largest absolute Gasteiger partial charge is 0.324 e. The van der Waals surface area contributed by atoms with E-state index >= 15 is 0 Å². The standard InChI is InChI=1S/C14H20IN/c15-13-8-4-7-12(10-13)14(16)9-11-5-2-1-3-6-11/h4,7-8,10-11,14H,1-3,5-6,9,16H2. The summed E-state index contributed by atoms with van der Waals surface area (Å²) >= 11 is 2.35. The Hall–Kier alpha value is -0.0900. The lowest BCUT2D eigenvalue weighted by Crippen LogP contribution is -2.17. The first kappa shape index (κ1) is 12.4. The van der Waals surface area contributed by atoms with Crippen molar-refractivity contribution in [3.63, 3.8) is 0 Å². The number of nitrogens with two attached hydrogens (primary N) is 1. The molecule has 1 saturated carbocycles. The molecule has 1 atom stereocenters. The Morgan fingerprint density at radius 1 is 1.25 bits per heavy atom. The average Bonchev–Trinajstić information content (AvgIpc) is 2.30. The molecule has 1 aromatic rings. The van der Waals surface area contributed by atoms with Crippen LogP contribution in [0, 0.1) is 9.49 Å². The fraction of sp³-hybridized carbons (Fsp3) is 0.571. The van der Waals surface area contributed by atoms with Crippen LogP contribution in [0.3, 0.4) is 0 Å². The summed E-state index contributed by atoms with van der Waals surface area (Å²) in [4.78, 5) is 0. The van der Waals surface area contributed by atoms with Crippen LogP contribution in [0.2, 0.25) is 0 Å². The van der Waals surface area contributed by atoms with Gasteiger partial charge in [-0.15, -0.1) is 0 Å². The molecule has 2 rings (SSSR count). The molecule has 0 aromatic heterocycles. The smallest absolute Gasteiger partial charge is 0.0297 e. The number of rotatable bonds is 3. The van der Waals surface area contributed by atoms with E-state index in [1.165, 1.54) is 47.7 Å². The van der Waals surface area contributed by atoms with E-state index in [4.69, 9.17) is 5.73 Å². The third kappa shape index (κ3) is 3.45. The summed E-state index contributed by atoms with van der Waals surface area (Å²) in [6, 6.07) is 8.84. The lowest BCUT2D eigenvalue weighted by atomic mass is 9.83. The Morgan fingerprint density at radius 2 is 2.00 bits per heavy atom. The van der Waals surface area contributed by atoms with Gasteiger partial charge in [0, 0.05) is 9.61 Å². The maximum atomic E-state index is 6.29. The molecular formula is C14H20IN. The first-order valence-electron chi connectivity index (χ1n) is 6.27. The van der Waals surface area contributed by atoms with E-state index in [0.717, 1.165) is 5.92 Å². The van der Waals surface area contributed by atoms with Crippen LogP contribution >= 0.6 is 22.6 Å². The molecule has 0 radical (unpaired) electrons. The van der Waals surface area contributed by atoms with Crippen LogP contribution in [-0.4, -0.2) is 0 Å². The second-order valence-corrected chi connectivity index (χ2v) is 6.15. The highest BCUT2D eigenvalue weighted by Gasteiger charge is 2.17. The monoisotopic (exact) mass is 329 g/mol. The van der Waals surface area contributed by atoms with E-state index in [1.54, 1.807) is 0 Å². The van der Waals surface area contributed by atoms with Gasteiger partial charge in [-0.3, -0.25) is 0 Å². The topological polar surface area (TPSA) is 26.0 Å². The molecule has 16 heavy (non-hydrogen) atoms. The Labute approximate surface area is 112 Å². The molecule has 88 valence electrons. The third-order valence-corrected chi connectivity index (χ3v) is 4.26. The summed E-state index contributed by atoms with van der Waals surface area (Å²) in [6.07, 6.45) is 8.18. The van der Waals surface area contributed by atoms with Crippen LogP contribution in [0.5, 0.6) is 0 Å². The highest BCUT2D eigenvalue weighted by atomic mass is 127. The number of hydrogen-bond acceptors (Lipinski definition) is 1. The third-order valence-electron chi connectivity index (χ3n) is 3.59. The first-order chi connectivity index (χ1) is 7.75. The minimum Gasteiger partial charge on any atom is -0.324 e. The van der Waals surface area contributed by atoms with Crippen molar-refractivity contribution in [3.8, 4) is 0 Å². The van der Waals surface area contributed by atoms with Crippen molar-refractivity contribution in [2.75, 3.05) is 0 Å². The van der Waals surface area contributed by atoms with Gasteiger partial charge in [-0.1, -0.05) is 44.2 Å².